The van der Waals surface area contributed by atoms with E-state index in [4.69, 9.17) is 25.7 Å². The van der Waals surface area contributed by atoms with Gasteiger partial charge in [0.2, 0.25) is 0 Å². The van der Waals surface area contributed by atoms with Gasteiger partial charge in [-0.15, -0.1) is 13.2 Å². The fourth-order valence-corrected chi connectivity index (χ4v) is 3.14. The molecule has 37 heavy (non-hydrogen) atoms. The summed E-state index contributed by atoms with van der Waals surface area (Å²) in [6.07, 6.45) is -1.71. The number of carbonyl (C=O) groups is 2. The first-order valence-corrected chi connectivity index (χ1v) is 10.8. The minimum Gasteiger partial charge on any atom is -0.493 e. The maximum absolute atomic E-state index is 12.4. The Morgan fingerprint density at radius 2 is 1.68 bits per heavy atom. The molecule has 0 aliphatic rings. The van der Waals surface area contributed by atoms with Crippen LogP contribution in [0.5, 0.6) is 17.2 Å². The Morgan fingerprint density at radius 1 is 0.946 bits per heavy atom. The maximum Gasteiger partial charge on any atom is 0.573 e. The number of hydrogen-bond acceptors (Lipinski definition) is 8. The van der Waals surface area contributed by atoms with E-state index in [2.05, 4.69) is 4.74 Å². The Morgan fingerprint density at radius 3 is 2.35 bits per heavy atom. The van der Waals surface area contributed by atoms with Crippen LogP contribution in [-0.2, 0) is 16.0 Å². The van der Waals surface area contributed by atoms with Crippen LogP contribution in [0, 0.1) is 0 Å². The summed E-state index contributed by atoms with van der Waals surface area (Å²) >= 11 is 0. The Bertz CT molecular complexity index is 1290. The van der Waals surface area contributed by atoms with Crippen molar-refractivity contribution in [2.24, 2.45) is 0 Å². The van der Waals surface area contributed by atoms with E-state index in [0.717, 1.165) is 29.8 Å². The topological polar surface area (TPSA) is 123 Å². The lowest BCUT2D eigenvalue weighted by atomic mass is 10.1. The van der Waals surface area contributed by atoms with Gasteiger partial charge in [-0.1, -0.05) is 6.07 Å². The van der Waals surface area contributed by atoms with Gasteiger partial charge in [-0.3, -0.25) is 0 Å². The Balaban J connectivity index is 1.57. The summed E-state index contributed by atoms with van der Waals surface area (Å²) in [6, 6.07) is 13.9. The SMILES string of the molecule is COc1cc(/C=C/C(=O)OCCc2cc(N)ccc2N)ccc1OC(=O)c1ccc(OC(F)(F)F)cc1. The van der Waals surface area contributed by atoms with E-state index in [-0.39, 0.29) is 23.7 Å². The number of nitrogens with two attached hydrogens (primary N) is 2. The summed E-state index contributed by atoms with van der Waals surface area (Å²) < 4.78 is 56.3. The smallest absolute Gasteiger partial charge is 0.493 e. The summed E-state index contributed by atoms with van der Waals surface area (Å²) in [6.45, 7) is 0.109. The van der Waals surface area contributed by atoms with Crippen LogP contribution in [0.4, 0.5) is 24.5 Å². The molecule has 0 saturated carbocycles. The van der Waals surface area contributed by atoms with Crippen molar-refractivity contribution in [3.05, 3.63) is 83.4 Å². The number of esters is 2. The lowest BCUT2D eigenvalue weighted by Crippen LogP contribution is -2.17. The molecule has 11 heteroatoms. The van der Waals surface area contributed by atoms with Crippen LogP contribution in [0.15, 0.2) is 66.7 Å². The van der Waals surface area contributed by atoms with Crippen LogP contribution in [0.25, 0.3) is 6.08 Å². The van der Waals surface area contributed by atoms with Gasteiger partial charge in [0.15, 0.2) is 11.5 Å². The molecule has 0 spiro atoms. The fraction of sp³-hybridized carbons (Fsp3) is 0.154. The van der Waals surface area contributed by atoms with Crippen molar-refractivity contribution in [2.75, 3.05) is 25.2 Å². The number of methoxy groups -OCH3 is 1. The Hall–Kier alpha value is -4.67. The quantitative estimate of drug-likeness (QED) is 0.180. The number of halogens is 3. The molecule has 3 aromatic rings. The van der Waals surface area contributed by atoms with Gasteiger partial charge in [0.1, 0.15) is 5.75 Å². The molecule has 0 unspecified atom stereocenters. The number of ether oxygens (including phenoxy) is 4. The van der Waals surface area contributed by atoms with E-state index in [1.807, 2.05) is 0 Å². The van der Waals surface area contributed by atoms with Crippen LogP contribution in [0.3, 0.4) is 0 Å². The first-order valence-electron chi connectivity index (χ1n) is 10.8. The maximum atomic E-state index is 12.4. The van der Waals surface area contributed by atoms with Crippen molar-refractivity contribution in [2.45, 2.75) is 12.8 Å². The highest BCUT2D eigenvalue weighted by Gasteiger charge is 2.31. The third-order valence-corrected chi connectivity index (χ3v) is 4.91. The van der Waals surface area contributed by atoms with Gasteiger partial charge in [-0.05, 0) is 71.8 Å². The third-order valence-electron chi connectivity index (χ3n) is 4.91. The van der Waals surface area contributed by atoms with Crippen molar-refractivity contribution in [3.63, 3.8) is 0 Å². The molecular formula is C26H23F3N2O6. The molecule has 0 amide bonds. The monoisotopic (exact) mass is 516 g/mol. The summed E-state index contributed by atoms with van der Waals surface area (Å²) in [5.41, 5.74) is 14.1. The van der Waals surface area contributed by atoms with Gasteiger partial charge in [0.25, 0.3) is 0 Å². The zero-order valence-corrected chi connectivity index (χ0v) is 19.6. The van der Waals surface area contributed by atoms with Gasteiger partial charge in [-0.2, -0.15) is 0 Å². The van der Waals surface area contributed by atoms with Crippen LogP contribution in [-0.4, -0.2) is 32.0 Å². The summed E-state index contributed by atoms with van der Waals surface area (Å²) in [4.78, 5) is 24.4. The Labute approximate surface area is 210 Å². The van der Waals surface area contributed by atoms with Gasteiger partial charge in [0, 0.05) is 23.9 Å². The van der Waals surface area contributed by atoms with Crippen molar-refractivity contribution in [3.8, 4) is 17.2 Å². The minimum atomic E-state index is -4.84. The molecule has 0 saturated heterocycles. The fourth-order valence-electron chi connectivity index (χ4n) is 3.14. The highest BCUT2D eigenvalue weighted by molar-refractivity contribution is 5.91. The normalized spacial score (nSPS) is 11.2. The zero-order chi connectivity index (χ0) is 27.0. The van der Waals surface area contributed by atoms with Crippen LogP contribution in [0.1, 0.15) is 21.5 Å². The number of benzene rings is 3. The van der Waals surface area contributed by atoms with E-state index in [1.165, 1.54) is 31.4 Å². The average molecular weight is 516 g/mol. The number of nitrogen functional groups attached to an aromatic ring is 2. The second kappa shape index (κ2) is 11.8. The summed E-state index contributed by atoms with van der Waals surface area (Å²) in [7, 11) is 1.36. The second-order valence-corrected chi connectivity index (χ2v) is 7.58. The van der Waals surface area contributed by atoms with Crippen molar-refractivity contribution >= 4 is 29.4 Å². The molecule has 0 radical (unpaired) electrons. The standard InChI is InChI=1S/C26H23F3N2O6/c1-34-23-14-16(3-11-24(32)35-13-12-18-15-19(30)6-9-21(18)31)2-10-22(23)36-25(33)17-4-7-20(8-5-17)37-26(27,28)29/h2-11,14-15H,12-13,30-31H2,1H3/b11-3+. The van der Waals surface area contributed by atoms with Gasteiger partial charge >= 0.3 is 18.3 Å². The minimum absolute atomic E-state index is 0.00300. The highest BCUT2D eigenvalue weighted by Crippen LogP contribution is 2.30. The number of hydrogen-bond donors (Lipinski definition) is 2. The number of rotatable bonds is 9. The van der Waals surface area contributed by atoms with E-state index < -0.39 is 24.1 Å². The van der Waals surface area contributed by atoms with E-state index in [1.54, 1.807) is 24.3 Å². The number of carbonyl (C=O) groups excluding carboxylic acids is 2. The van der Waals surface area contributed by atoms with Crippen LogP contribution >= 0.6 is 0 Å². The third kappa shape index (κ3) is 8.20. The molecular weight excluding hydrogens is 493 g/mol. The first kappa shape index (κ1) is 26.9. The molecule has 0 bridgehead atoms. The number of alkyl halides is 3. The Kier molecular flexibility index (Phi) is 8.62. The summed E-state index contributed by atoms with van der Waals surface area (Å²) in [5, 5.41) is 0. The van der Waals surface area contributed by atoms with Crippen molar-refractivity contribution in [1.82, 2.24) is 0 Å². The van der Waals surface area contributed by atoms with E-state index in [0.29, 0.717) is 23.4 Å². The lowest BCUT2D eigenvalue weighted by molar-refractivity contribution is -0.274. The van der Waals surface area contributed by atoms with Crippen LogP contribution in [0.2, 0.25) is 0 Å². The molecule has 3 rings (SSSR count). The zero-order valence-electron chi connectivity index (χ0n) is 19.6. The molecule has 0 atom stereocenters. The van der Waals surface area contributed by atoms with E-state index >= 15 is 0 Å². The molecule has 0 fully saturated rings. The van der Waals surface area contributed by atoms with Crippen LogP contribution < -0.4 is 25.7 Å². The van der Waals surface area contributed by atoms with Gasteiger partial charge in [-0.25, -0.2) is 9.59 Å². The molecule has 8 nitrogen and oxygen atoms in total. The van der Waals surface area contributed by atoms with Crippen molar-refractivity contribution in [1.29, 1.82) is 0 Å². The predicted molar refractivity (Wildman–Crippen MR) is 130 cm³/mol. The molecule has 194 valence electrons. The van der Waals surface area contributed by atoms with Gasteiger partial charge < -0.3 is 30.4 Å². The molecule has 0 aromatic heterocycles. The van der Waals surface area contributed by atoms with Crippen molar-refractivity contribution < 1.29 is 41.7 Å². The average Bonchev–Trinajstić information content (AvgIpc) is 2.85. The first-order chi connectivity index (χ1) is 17.5. The number of anilines is 2. The highest BCUT2D eigenvalue weighted by atomic mass is 19.4. The molecule has 0 heterocycles. The van der Waals surface area contributed by atoms with Gasteiger partial charge in [0.05, 0.1) is 19.3 Å². The second-order valence-electron chi connectivity index (χ2n) is 7.58. The molecule has 3 aromatic carbocycles. The predicted octanol–water partition coefficient (Wildman–Crippen LogP) is 4.78. The van der Waals surface area contributed by atoms with E-state index in [9.17, 15) is 22.8 Å². The largest absolute Gasteiger partial charge is 0.573 e. The molecule has 0 aliphatic carbocycles. The summed E-state index contributed by atoms with van der Waals surface area (Å²) in [5.74, 6) is -1.59. The lowest BCUT2D eigenvalue weighted by Gasteiger charge is -2.11. The molecule has 0 aliphatic heterocycles. The molecule has 4 N–H and O–H groups in total.